The van der Waals surface area contributed by atoms with Crippen LogP contribution in [-0.2, 0) is 4.79 Å². The van der Waals surface area contributed by atoms with E-state index in [9.17, 15) is 9.18 Å². The monoisotopic (exact) mass is 516 g/mol. The Labute approximate surface area is 220 Å². The lowest BCUT2D eigenvalue weighted by Crippen LogP contribution is -2.29. The van der Waals surface area contributed by atoms with Gasteiger partial charge >= 0.3 is 0 Å². The molecule has 11 heteroatoms. The van der Waals surface area contributed by atoms with E-state index in [1.807, 2.05) is 32.1 Å². The number of aromatic nitrogens is 4. The van der Waals surface area contributed by atoms with Crippen LogP contribution in [0.15, 0.2) is 61.7 Å². The van der Waals surface area contributed by atoms with E-state index >= 15 is 0 Å². The van der Waals surface area contributed by atoms with Gasteiger partial charge in [-0.15, -0.1) is 0 Å². The van der Waals surface area contributed by atoms with Crippen molar-refractivity contribution in [3.05, 3.63) is 67.5 Å². The minimum atomic E-state index is -0.450. The van der Waals surface area contributed by atoms with Crippen molar-refractivity contribution in [3.8, 4) is 16.9 Å². The maximum absolute atomic E-state index is 13.9. The van der Waals surface area contributed by atoms with Crippen LogP contribution >= 0.6 is 0 Å². The topological polar surface area (TPSA) is 108 Å². The molecule has 2 N–H and O–H groups in total. The van der Waals surface area contributed by atoms with Gasteiger partial charge in [0.25, 0.3) is 0 Å². The number of nitrogens with one attached hydrogen (secondary N) is 2. The van der Waals surface area contributed by atoms with Gasteiger partial charge in [0.05, 0.1) is 36.6 Å². The van der Waals surface area contributed by atoms with Gasteiger partial charge in [-0.25, -0.2) is 14.4 Å². The van der Waals surface area contributed by atoms with Gasteiger partial charge in [0, 0.05) is 49.7 Å². The van der Waals surface area contributed by atoms with Crippen LogP contribution in [0.3, 0.4) is 0 Å². The summed E-state index contributed by atoms with van der Waals surface area (Å²) in [5.41, 5.74) is 4.17. The van der Waals surface area contributed by atoms with Crippen LogP contribution in [0.4, 0.5) is 27.4 Å². The number of rotatable bonds is 10. The Kier molecular flexibility index (Phi) is 8.07. The lowest BCUT2D eigenvalue weighted by atomic mass is 10.1. The van der Waals surface area contributed by atoms with Crippen molar-refractivity contribution >= 4 is 40.0 Å². The molecule has 1 aromatic carbocycles. The highest BCUT2D eigenvalue weighted by atomic mass is 19.1. The Morgan fingerprint density at radius 3 is 2.63 bits per heavy atom. The van der Waals surface area contributed by atoms with Crippen LogP contribution < -0.4 is 20.3 Å². The number of hydrogen-bond acceptors (Lipinski definition) is 9. The van der Waals surface area contributed by atoms with Gasteiger partial charge < -0.3 is 25.2 Å². The predicted molar refractivity (Wildman–Crippen MR) is 147 cm³/mol. The highest BCUT2D eigenvalue weighted by Gasteiger charge is 2.17. The van der Waals surface area contributed by atoms with E-state index in [4.69, 9.17) is 4.74 Å². The Balaban J connectivity index is 1.75. The maximum atomic E-state index is 13.9. The van der Waals surface area contributed by atoms with Crippen molar-refractivity contribution in [2.24, 2.45) is 0 Å². The summed E-state index contributed by atoms with van der Waals surface area (Å²) in [7, 11) is 7.50. The first-order valence-corrected chi connectivity index (χ1v) is 11.8. The van der Waals surface area contributed by atoms with Crippen LogP contribution in [0.1, 0.15) is 0 Å². The molecule has 3 aromatic heterocycles. The molecule has 10 nitrogen and oxygen atoms in total. The second kappa shape index (κ2) is 11.6. The van der Waals surface area contributed by atoms with Crippen molar-refractivity contribution in [3.63, 3.8) is 0 Å². The fraction of sp³-hybridized carbons (Fsp3) is 0.222. The minimum Gasteiger partial charge on any atom is -0.494 e. The molecule has 196 valence electrons. The average molecular weight is 517 g/mol. The van der Waals surface area contributed by atoms with E-state index < -0.39 is 5.82 Å². The summed E-state index contributed by atoms with van der Waals surface area (Å²) in [5.74, 6) is 0.000887. The molecule has 0 fully saturated rings. The second-order valence-electron chi connectivity index (χ2n) is 8.79. The number of fused-ring (bicyclic) bond motifs is 1. The number of likely N-dealkylation sites (N-methyl/N-ethyl adjacent to an activating group) is 2. The summed E-state index contributed by atoms with van der Waals surface area (Å²) in [5, 5.41) is 6.06. The first kappa shape index (κ1) is 26.4. The highest BCUT2D eigenvalue weighted by molar-refractivity contribution is 6.02. The molecule has 3 heterocycles. The SMILES string of the molecule is C=CC(=O)Nc1cc(Nc2ncc3nccc(-c4cncc(F)c4)c3n2)c(OC)cc1N(C)CCN(C)C. The maximum Gasteiger partial charge on any atom is 0.247 e. The summed E-state index contributed by atoms with van der Waals surface area (Å²) < 4.78 is 19.5. The molecule has 0 aliphatic heterocycles. The summed E-state index contributed by atoms with van der Waals surface area (Å²) >= 11 is 0. The van der Waals surface area contributed by atoms with E-state index in [-0.39, 0.29) is 11.9 Å². The molecule has 0 atom stereocenters. The number of amides is 1. The fourth-order valence-corrected chi connectivity index (χ4v) is 3.82. The van der Waals surface area contributed by atoms with Crippen LogP contribution in [0.2, 0.25) is 0 Å². The molecular formula is C27H29FN8O2. The Bertz CT molecular complexity index is 1480. The quantitative estimate of drug-likeness (QED) is 0.301. The first-order chi connectivity index (χ1) is 18.3. The molecule has 0 saturated heterocycles. The number of nitrogens with zero attached hydrogens (tertiary/aromatic N) is 6. The van der Waals surface area contributed by atoms with Crippen LogP contribution in [0.5, 0.6) is 5.75 Å². The molecule has 38 heavy (non-hydrogen) atoms. The standard InChI is InChI=1S/C27H29FN8O2/c1-6-25(37)32-20-12-21(24(38-5)13-23(20)36(4)10-9-35(2)3)33-27-31-16-22-26(34-27)19(7-8-30-22)17-11-18(28)15-29-14-17/h6-8,11-16H,1,9-10H2,2-5H3,(H,32,37)(H,31,33,34). The van der Waals surface area contributed by atoms with E-state index in [0.717, 1.165) is 25.0 Å². The zero-order valence-electron chi connectivity index (χ0n) is 21.7. The van der Waals surface area contributed by atoms with Crippen LogP contribution in [-0.4, -0.2) is 72.1 Å². The summed E-state index contributed by atoms with van der Waals surface area (Å²) in [6, 6.07) is 6.73. The van der Waals surface area contributed by atoms with E-state index in [2.05, 4.69) is 42.0 Å². The zero-order valence-corrected chi connectivity index (χ0v) is 21.7. The Hall–Kier alpha value is -4.64. The molecule has 0 spiro atoms. The summed E-state index contributed by atoms with van der Waals surface area (Å²) in [4.78, 5) is 33.6. The molecule has 4 rings (SSSR count). The third kappa shape index (κ3) is 6.01. The molecule has 0 bridgehead atoms. The molecule has 0 aliphatic rings. The molecule has 0 unspecified atom stereocenters. The first-order valence-electron chi connectivity index (χ1n) is 11.8. The van der Waals surface area contributed by atoms with Crippen molar-refractivity contribution < 1.29 is 13.9 Å². The van der Waals surface area contributed by atoms with Gasteiger partial charge in [-0.05, 0) is 38.4 Å². The van der Waals surface area contributed by atoms with Crippen molar-refractivity contribution in [1.82, 2.24) is 24.8 Å². The van der Waals surface area contributed by atoms with Gasteiger partial charge in [-0.2, -0.15) is 0 Å². The third-order valence-electron chi connectivity index (χ3n) is 5.80. The summed E-state index contributed by atoms with van der Waals surface area (Å²) in [6.07, 6.45) is 7.12. The number of hydrogen-bond donors (Lipinski definition) is 2. The molecule has 1 amide bonds. The van der Waals surface area contributed by atoms with Crippen molar-refractivity contribution in [2.45, 2.75) is 0 Å². The predicted octanol–water partition coefficient (Wildman–Crippen LogP) is 4.10. The summed E-state index contributed by atoms with van der Waals surface area (Å²) in [6.45, 7) is 5.09. The Morgan fingerprint density at radius 2 is 1.92 bits per heavy atom. The number of anilines is 4. The Morgan fingerprint density at radius 1 is 1.11 bits per heavy atom. The van der Waals surface area contributed by atoms with E-state index in [1.165, 1.54) is 12.1 Å². The molecule has 0 saturated carbocycles. The van der Waals surface area contributed by atoms with E-state index in [0.29, 0.717) is 39.3 Å². The van der Waals surface area contributed by atoms with Crippen LogP contribution in [0.25, 0.3) is 22.2 Å². The number of ether oxygens (including phenoxy) is 1. The van der Waals surface area contributed by atoms with Gasteiger partial charge in [0.2, 0.25) is 11.9 Å². The van der Waals surface area contributed by atoms with E-state index in [1.54, 1.807) is 37.8 Å². The van der Waals surface area contributed by atoms with Crippen molar-refractivity contribution in [1.29, 1.82) is 0 Å². The lowest BCUT2D eigenvalue weighted by Gasteiger charge is -2.26. The van der Waals surface area contributed by atoms with Gasteiger partial charge in [-0.1, -0.05) is 6.58 Å². The number of halogens is 1. The number of methoxy groups -OCH3 is 1. The largest absolute Gasteiger partial charge is 0.494 e. The highest BCUT2D eigenvalue weighted by Crippen LogP contribution is 2.38. The molecule has 0 radical (unpaired) electrons. The lowest BCUT2D eigenvalue weighted by molar-refractivity contribution is -0.111. The van der Waals surface area contributed by atoms with Gasteiger partial charge in [0.15, 0.2) is 0 Å². The van der Waals surface area contributed by atoms with Crippen molar-refractivity contribution in [2.75, 3.05) is 56.9 Å². The molecule has 0 aliphatic carbocycles. The van der Waals surface area contributed by atoms with Gasteiger partial charge in [0.1, 0.15) is 22.6 Å². The minimum absolute atomic E-state index is 0.268. The smallest absolute Gasteiger partial charge is 0.247 e. The molecule has 4 aromatic rings. The number of carbonyl (C=O) groups is 1. The fourth-order valence-electron chi connectivity index (χ4n) is 3.82. The van der Waals surface area contributed by atoms with Crippen LogP contribution in [0, 0.1) is 5.82 Å². The number of benzene rings is 1. The number of pyridine rings is 2. The number of carbonyl (C=O) groups excluding carboxylic acids is 1. The zero-order chi connectivity index (χ0) is 27.2. The third-order valence-corrected chi connectivity index (χ3v) is 5.80. The molecular weight excluding hydrogens is 487 g/mol. The average Bonchev–Trinajstić information content (AvgIpc) is 2.91. The normalized spacial score (nSPS) is 10.9. The second-order valence-corrected chi connectivity index (χ2v) is 8.79. The van der Waals surface area contributed by atoms with Gasteiger partial charge in [-0.3, -0.25) is 14.8 Å².